The number of hydrogen-bond acceptors (Lipinski definition) is 8. The number of hydrogen-bond donors (Lipinski definition) is 2. The number of nitrogens with zero attached hydrogens (tertiary/aromatic N) is 6. The Balaban J connectivity index is 1.36. The molecule has 0 aliphatic carbocycles. The van der Waals surface area contributed by atoms with Gasteiger partial charge in [-0.1, -0.05) is 30.1 Å². The molecule has 1 aromatic carbocycles. The third-order valence-electron chi connectivity index (χ3n) is 8.31. The first kappa shape index (κ1) is 30.0. The van der Waals surface area contributed by atoms with Crippen LogP contribution in [0.4, 0.5) is 15.9 Å². The summed E-state index contributed by atoms with van der Waals surface area (Å²) in [7, 11) is 0. The van der Waals surface area contributed by atoms with Crippen LogP contribution >= 0.6 is 23.2 Å². The van der Waals surface area contributed by atoms with Gasteiger partial charge in [-0.05, 0) is 37.6 Å². The number of pyridine rings is 1. The molecule has 0 bridgehead atoms. The number of phenolic OH excluding ortho intramolecular Hbond substituents is 1. The van der Waals surface area contributed by atoms with Gasteiger partial charge in [0, 0.05) is 56.5 Å². The molecule has 0 radical (unpaired) electrons. The van der Waals surface area contributed by atoms with Crippen LogP contribution in [0.2, 0.25) is 10.0 Å². The van der Waals surface area contributed by atoms with Gasteiger partial charge in [0.15, 0.2) is 6.29 Å². The lowest BCUT2D eigenvalue weighted by Gasteiger charge is -2.40. The number of fused-ring (bicyclic) bond motifs is 2. The summed E-state index contributed by atoms with van der Waals surface area (Å²) in [6, 6.07) is 4.51. The molecular formula is C30H30Cl2FN7O4. The van der Waals surface area contributed by atoms with Crippen LogP contribution in [0, 0.1) is 5.95 Å². The minimum Gasteiger partial charge on any atom is -0.506 e. The van der Waals surface area contributed by atoms with Gasteiger partial charge < -0.3 is 19.9 Å². The maximum Gasteiger partial charge on any atom is 0.263 e. The molecule has 1 saturated heterocycles. The molecule has 0 saturated carbocycles. The van der Waals surface area contributed by atoms with Gasteiger partial charge in [-0.15, -0.1) is 0 Å². The highest BCUT2D eigenvalue weighted by molar-refractivity contribution is 6.34. The molecular weight excluding hydrogens is 612 g/mol. The van der Waals surface area contributed by atoms with Crippen LogP contribution < -0.4 is 15.8 Å². The number of benzene rings is 1. The van der Waals surface area contributed by atoms with Crippen LogP contribution in [0.15, 0.2) is 29.2 Å². The Morgan fingerprint density at radius 3 is 2.73 bits per heavy atom. The number of aldehydes is 1. The van der Waals surface area contributed by atoms with Crippen molar-refractivity contribution in [2.24, 2.45) is 0 Å². The Kier molecular flexibility index (Phi) is 8.08. The van der Waals surface area contributed by atoms with Gasteiger partial charge in [0.25, 0.3) is 5.56 Å². The van der Waals surface area contributed by atoms with E-state index < -0.39 is 11.9 Å². The number of aryl methyl sites for hydroxylation is 1. The molecule has 44 heavy (non-hydrogen) atoms. The molecule has 6 rings (SSSR count). The van der Waals surface area contributed by atoms with E-state index in [2.05, 4.69) is 22.1 Å². The third kappa shape index (κ3) is 5.31. The molecule has 1 fully saturated rings. The third-order valence-corrected chi connectivity index (χ3v) is 8.96. The van der Waals surface area contributed by atoms with E-state index in [1.807, 2.05) is 11.8 Å². The number of aromatic hydroxyl groups is 1. The van der Waals surface area contributed by atoms with Crippen molar-refractivity contribution in [1.82, 2.24) is 24.0 Å². The minimum absolute atomic E-state index is 0.0454. The Morgan fingerprint density at radius 2 is 2.00 bits per heavy atom. The second-order valence-electron chi connectivity index (χ2n) is 11.1. The summed E-state index contributed by atoms with van der Waals surface area (Å²) in [5.74, 6) is -0.812. The van der Waals surface area contributed by atoms with Crippen LogP contribution in [0.25, 0.3) is 22.2 Å². The first-order valence-electron chi connectivity index (χ1n) is 14.3. The van der Waals surface area contributed by atoms with E-state index in [1.165, 1.54) is 16.7 Å². The fourth-order valence-electron chi connectivity index (χ4n) is 6.06. The Labute approximate surface area is 261 Å². The summed E-state index contributed by atoms with van der Waals surface area (Å²) in [6.45, 7) is 7.52. The largest absolute Gasteiger partial charge is 0.506 e. The predicted molar refractivity (Wildman–Crippen MR) is 167 cm³/mol. The molecule has 3 aromatic heterocycles. The summed E-state index contributed by atoms with van der Waals surface area (Å²) in [5, 5.41) is 12.7. The van der Waals surface area contributed by atoms with E-state index in [0.717, 1.165) is 26.1 Å². The SMILES string of the molecule is CCN1CCN(c2cc(NC(=O)Cn3cc(-c4cc(Cl)c(O)c(C=O)c4)c4c(=O)n5c(nc43)CCC5)c(Cl)c(F)n2)C(C)C1. The van der Waals surface area contributed by atoms with Gasteiger partial charge in [0.05, 0.1) is 21.7 Å². The number of carbonyl (C=O) groups excluding carboxylic acids is 2. The van der Waals surface area contributed by atoms with Crippen molar-refractivity contribution in [3.8, 4) is 16.9 Å². The summed E-state index contributed by atoms with van der Waals surface area (Å²) in [6.07, 6.45) is 3.42. The summed E-state index contributed by atoms with van der Waals surface area (Å²) in [4.78, 5) is 51.7. The lowest BCUT2D eigenvalue weighted by Crippen LogP contribution is -2.52. The highest BCUT2D eigenvalue weighted by Gasteiger charge is 2.27. The van der Waals surface area contributed by atoms with Crippen molar-refractivity contribution < 1.29 is 19.1 Å². The number of halogens is 3. The fourth-order valence-corrected chi connectivity index (χ4v) is 6.43. The second-order valence-corrected chi connectivity index (χ2v) is 11.9. The summed E-state index contributed by atoms with van der Waals surface area (Å²) in [5.41, 5.74) is 0.826. The standard InChI is InChI=1S/C30H30Cl2FN7O4/c1-3-37-7-8-39(16(2)12-37)23-11-21(26(32)28(33)35-23)34-24(42)14-38-13-19(17-9-18(15-41)27(43)20(31)10-17)25-29(38)36-22-5-4-6-40(22)30(25)44/h9-11,13,15-16,43H,3-8,12,14H2,1-2H3,(H,34,35,42). The number of likely N-dealkylation sites (N-methyl/N-ethyl adjacent to an activating group) is 1. The van der Waals surface area contributed by atoms with Crippen LogP contribution in [0.5, 0.6) is 5.75 Å². The van der Waals surface area contributed by atoms with Crippen molar-refractivity contribution in [3.63, 3.8) is 0 Å². The number of anilines is 2. The summed E-state index contributed by atoms with van der Waals surface area (Å²) < 4.78 is 18.0. The van der Waals surface area contributed by atoms with E-state index in [1.54, 1.807) is 16.8 Å². The average Bonchev–Trinajstić information content (AvgIpc) is 3.62. The highest BCUT2D eigenvalue weighted by Crippen LogP contribution is 2.36. The fraction of sp³-hybridized carbons (Fsp3) is 0.367. The van der Waals surface area contributed by atoms with E-state index in [-0.39, 0.29) is 56.2 Å². The number of rotatable bonds is 7. The maximum atomic E-state index is 14.9. The zero-order valence-corrected chi connectivity index (χ0v) is 25.6. The number of aromatic nitrogens is 4. The zero-order valence-electron chi connectivity index (χ0n) is 24.1. The molecule has 5 heterocycles. The molecule has 0 spiro atoms. The molecule has 2 N–H and O–H groups in total. The number of piperazine rings is 1. The van der Waals surface area contributed by atoms with Crippen LogP contribution in [0.1, 0.15) is 36.5 Å². The number of phenols is 1. The van der Waals surface area contributed by atoms with E-state index in [4.69, 9.17) is 28.2 Å². The lowest BCUT2D eigenvalue weighted by atomic mass is 10.0. The topological polar surface area (TPSA) is 126 Å². The number of carbonyl (C=O) groups is 2. The summed E-state index contributed by atoms with van der Waals surface area (Å²) >= 11 is 12.5. The zero-order chi connectivity index (χ0) is 31.3. The van der Waals surface area contributed by atoms with Gasteiger partial charge in [-0.2, -0.15) is 4.39 Å². The molecule has 2 aliphatic heterocycles. The molecule has 14 heteroatoms. The van der Waals surface area contributed by atoms with E-state index >= 15 is 0 Å². The van der Waals surface area contributed by atoms with Crippen molar-refractivity contribution in [2.75, 3.05) is 36.4 Å². The smallest absolute Gasteiger partial charge is 0.263 e. The van der Waals surface area contributed by atoms with Crippen molar-refractivity contribution >= 4 is 57.9 Å². The Bertz CT molecular complexity index is 1870. The van der Waals surface area contributed by atoms with Gasteiger partial charge in [0.2, 0.25) is 11.9 Å². The van der Waals surface area contributed by atoms with Gasteiger partial charge in [0.1, 0.15) is 34.6 Å². The van der Waals surface area contributed by atoms with E-state index in [0.29, 0.717) is 48.6 Å². The normalized spacial score (nSPS) is 16.8. The van der Waals surface area contributed by atoms with Crippen LogP contribution in [-0.2, 0) is 24.3 Å². The first-order valence-corrected chi connectivity index (χ1v) is 15.1. The van der Waals surface area contributed by atoms with Gasteiger partial charge in [-0.3, -0.25) is 23.9 Å². The van der Waals surface area contributed by atoms with Gasteiger partial charge in [-0.25, -0.2) is 9.97 Å². The molecule has 230 valence electrons. The van der Waals surface area contributed by atoms with Gasteiger partial charge >= 0.3 is 0 Å². The minimum atomic E-state index is -0.890. The van der Waals surface area contributed by atoms with E-state index in [9.17, 15) is 23.9 Å². The molecule has 2 aliphatic rings. The average molecular weight is 643 g/mol. The van der Waals surface area contributed by atoms with Crippen molar-refractivity contribution in [1.29, 1.82) is 0 Å². The highest BCUT2D eigenvalue weighted by atomic mass is 35.5. The Morgan fingerprint density at radius 1 is 1.20 bits per heavy atom. The first-order chi connectivity index (χ1) is 21.1. The molecule has 4 aromatic rings. The quantitative estimate of drug-likeness (QED) is 0.226. The lowest BCUT2D eigenvalue weighted by molar-refractivity contribution is -0.116. The molecule has 1 amide bonds. The monoisotopic (exact) mass is 641 g/mol. The van der Waals surface area contributed by atoms with Crippen molar-refractivity contribution in [3.05, 3.63) is 62.1 Å². The Hall–Kier alpha value is -4.00. The second kappa shape index (κ2) is 11.8. The number of nitrogens with one attached hydrogen (secondary N) is 1. The van der Waals surface area contributed by atoms with Crippen LogP contribution in [-0.4, -0.2) is 73.5 Å². The predicted octanol–water partition coefficient (Wildman–Crippen LogP) is 4.34. The van der Waals surface area contributed by atoms with Crippen LogP contribution in [0.3, 0.4) is 0 Å². The number of amides is 1. The van der Waals surface area contributed by atoms with Crippen molar-refractivity contribution in [2.45, 2.75) is 45.8 Å². The molecule has 1 unspecified atom stereocenters. The maximum absolute atomic E-state index is 14.9. The molecule has 1 atom stereocenters. The molecule has 11 nitrogen and oxygen atoms in total.